The molecule has 0 spiro atoms. The highest BCUT2D eigenvalue weighted by Crippen LogP contribution is 2.27. The van der Waals surface area contributed by atoms with Crippen molar-refractivity contribution in [2.45, 2.75) is 51.1 Å². The largest absolute Gasteiger partial charge is 0.354 e. The van der Waals surface area contributed by atoms with Gasteiger partial charge in [-0.2, -0.15) is 0 Å². The molecule has 1 atom stereocenters. The van der Waals surface area contributed by atoms with Crippen molar-refractivity contribution in [3.63, 3.8) is 0 Å². The molecule has 0 radical (unpaired) electrons. The molecule has 7 nitrogen and oxygen atoms in total. The summed E-state index contributed by atoms with van der Waals surface area (Å²) in [6.07, 6.45) is 0.999. The minimum absolute atomic E-state index is 0.00376. The quantitative estimate of drug-likeness (QED) is 0.187. The fourth-order valence-corrected chi connectivity index (χ4v) is 6.38. The van der Waals surface area contributed by atoms with Crippen LogP contribution in [-0.4, -0.2) is 44.3 Å². The maximum Gasteiger partial charge on any atom is 0.264 e. The highest BCUT2D eigenvalue weighted by atomic mass is 35.5. The zero-order valence-electron chi connectivity index (χ0n) is 25.2. The third-order valence-corrected chi connectivity index (χ3v) is 9.52. The van der Waals surface area contributed by atoms with Crippen molar-refractivity contribution in [3.8, 4) is 0 Å². The van der Waals surface area contributed by atoms with Gasteiger partial charge in [-0.05, 0) is 78.9 Å². The third kappa shape index (κ3) is 8.27. The molecule has 0 aliphatic rings. The molecule has 0 unspecified atom stereocenters. The van der Waals surface area contributed by atoms with Crippen LogP contribution in [0.5, 0.6) is 0 Å². The second-order valence-electron chi connectivity index (χ2n) is 10.7. The summed E-state index contributed by atoms with van der Waals surface area (Å²) in [5.41, 5.74) is 3.93. The fraction of sp³-hybridized carbons (Fsp3) is 0.257. The number of nitrogens with one attached hydrogen (secondary N) is 1. The van der Waals surface area contributed by atoms with Crippen LogP contribution >= 0.6 is 11.6 Å². The number of hydrogen-bond donors (Lipinski definition) is 1. The molecule has 0 aliphatic carbocycles. The molecular weight excluding hydrogens is 594 g/mol. The van der Waals surface area contributed by atoms with Gasteiger partial charge in [0.15, 0.2) is 0 Å². The lowest BCUT2D eigenvalue weighted by Crippen LogP contribution is -2.53. The number of carbonyl (C=O) groups excluding carboxylic acids is 2. The molecule has 44 heavy (non-hydrogen) atoms. The predicted octanol–water partition coefficient (Wildman–Crippen LogP) is 6.32. The number of carbonyl (C=O) groups is 2. The van der Waals surface area contributed by atoms with E-state index >= 15 is 0 Å². The summed E-state index contributed by atoms with van der Waals surface area (Å²) in [5, 5.41) is 3.35. The van der Waals surface area contributed by atoms with E-state index in [1.807, 2.05) is 87.5 Å². The Balaban J connectivity index is 1.80. The summed E-state index contributed by atoms with van der Waals surface area (Å²) < 4.78 is 29.4. The zero-order valence-corrected chi connectivity index (χ0v) is 26.8. The Morgan fingerprint density at radius 3 is 2.02 bits per heavy atom. The summed E-state index contributed by atoms with van der Waals surface area (Å²) in [4.78, 5) is 29.6. The van der Waals surface area contributed by atoms with E-state index in [0.29, 0.717) is 17.3 Å². The first kappa shape index (κ1) is 32.8. The Morgan fingerprint density at radius 2 is 1.43 bits per heavy atom. The van der Waals surface area contributed by atoms with Crippen LogP contribution in [0.3, 0.4) is 0 Å². The predicted molar refractivity (Wildman–Crippen MR) is 176 cm³/mol. The van der Waals surface area contributed by atoms with Crippen LogP contribution in [0, 0.1) is 13.8 Å². The lowest BCUT2D eigenvalue weighted by Gasteiger charge is -2.34. The van der Waals surface area contributed by atoms with Crippen LogP contribution in [0.15, 0.2) is 108 Å². The van der Waals surface area contributed by atoms with Gasteiger partial charge < -0.3 is 10.2 Å². The van der Waals surface area contributed by atoms with Crippen molar-refractivity contribution in [2.75, 3.05) is 17.4 Å². The van der Waals surface area contributed by atoms with E-state index in [9.17, 15) is 18.0 Å². The number of amides is 2. The topological polar surface area (TPSA) is 86.8 Å². The molecule has 0 saturated heterocycles. The number of hydrogen-bond acceptors (Lipinski definition) is 4. The van der Waals surface area contributed by atoms with Crippen molar-refractivity contribution >= 4 is 39.1 Å². The number of sulfonamides is 1. The third-order valence-electron chi connectivity index (χ3n) is 7.48. The monoisotopic (exact) mass is 631 g/mol. The van der Waals surface area contributed by atoms with Gasteiger partial charge in [-0.3, -0.25) is 13.9 Å². The average Bonchev–Trinajstić information content (AvgIpc) is 3.02. The fourth-order valence-electron chi connectivity index (χ4n) is 4.84. The Kier molecular flexibility index (Phi) is 11.2. The van der Waals surface area contributed by atoms with Crippen LogP contribution < -0.4 is 9.62 Å². The molecule has 1 N–H and O–H groups in total. The molecule has 2 amide bonds. The molecule has 4 aromatic carbocycles. The van der Waals surface area contributed by atoms with Gasteiger partial charge in [0.2, 0.25) is 11.8 Å². The molecule has 4 rings (SSSR count). The number of anilines is 1. The maximum absolute atomic E-state index is 14.4. The van der Waals surface area contributed by atoms with Crippen molar-refractivity contribution in [1.82, 2.24) is 10.2 Å². The highest BCUT2D eigenvalue weighted by molar-refractivity contribution is 7.92. The van der Waals surface area contributed by atoms with E-state index in [-0.39, 0.29) is 23.8 Å². The smallest absolute Gasteiger partial charge is 0.264 e. The van der Waals surface area contributed by atoms with E-state index in [4.69, 9.17) is 11.6 Å². The molecule has 0 aromatic heterocycles. The van der Waals surface area contributed by atoms with Crippen LogP contribution in [0.4, 0.5) is 5.69 Å². The summed E-state index contributed by atoms with van der Waals surface area (Å²) in [6, 6.07) is 29.1. The molecule has 0 heterocycles. The Morgan fingerprint density at radius 1 is 0.818 bits per heavy atom. The van der Waals surface area contributed by atoms with Gasteiger partial charge in [-0.15, -0.1) is 0 Å². The standard InChI is InChI=1S/C35H38ClN3O4S/c1-4-21-37-35(41)33(23-28-11-7-5-8-12-28)38(24-29-13-9-6-10-14-29)34(40)25-39(31-18-15-26(2)27(3)22-31)44(42,43)32-19-16-30(36)17-20-32/h5-20,22,33H,4,21,23-25H2,1-3H3,(H,37,41)/t33-/m1/s1. The second kappa shape index (κ2) is 15.0. The lowest BCUT2D eigenvalue weighted by molar-refractivity contribution is -0.140. The van der Waals surface area contributed by atoms with E-state index < -0.39 is 28.5 Å². The molecular formula is C35H38ClN3O4S. The molecule has 0 fully saturated rings. The molecule has 0 saturated carbocycles. The van der Waals surface area contributed by atoms with Crippen molar-refractivity contribution in [1.29, 1.82) is 0 Å². The number of rotatable bonds is 13. The maximum atomic E-state index is 14.4. The summed E-state index contributed by atoms with van der Waals surface area (Å²) in [5.74, 6) is -0.796. The Hall–Kier alpha value is -4.14. The van der Waals surface area contributed by atoms with Crippen molar-refractivity contribution in [2.24, 2.45) is 0 Å². The molecule has 0 aliphatic heterocycles. The van der Waals surface area contributed by atoms with E-state index in [0.717, 1.165) is 33.0 Å². The minimum atomic E-state index is -4.19. The van der Waals surface area contributed by atoms with Gasteiger partial charge in [0, 0.05) is 24.5 Å². The highest BCUT2D eigenvalue weighted by Gasteiger charge is 2.34. The van der Waals surface area contributed by atoms with Gasteiger partial charge in [0.25, 0.3) is 10.0 Å². The van der Waals surface area contributed by atoms with E-state index in [2.05, 4.69) is 5.32 Å². The Bertz CT molecular complexity index is 1660. The minimum Gasteiger partial charge on any atom is -0.354 e. The van der Waals surface area contributed by atoms with Gasteiger partial charge in [0.05, 0.1) is 10.6 Å². The summed E-state index contributed by atoms with van der Waals surface area (Å²) in [7, 11) is -4.19. The lowest BCUT2D eigenvalue weighted by atomic mass is 10.0. The van der Waals surface area contributed by atoms with Crippen LogP contribution in [0.25, 0.3) is 0 Å². The van der Waals surface area contributed by atoms with Gasteiger partial charge in [-0.1, -0.05) is 85.3 Å². The number of nitrogens with zero attached hydrogens (tertiary/aromatic N) is 2. The first-order valence-corrected chi connectivity index (χ1v) is 16.4. The SMILES string of the molecule is CCCNC(=O)[C@@H](Cc1ccccc1)N(Cc1ccccc1)C(=O)CN(c1ccc(C)c(C)c1)S(=O)(=O)c1ccc(Cl)cc1. The van der Waals surface area contributed by atoms with Gasteiger partial charge in [0.1, 0.15) is 12.6 Å². The van der Waals surface area contributed by atoms with E-state index in [1.165, 1.54) is 29.2 Å². The first-order chi connectivity index (χ1) is 21.1. The molecule has 4 aromatic rings. The van der Waals surface area contributed by atoms with Gasteiger partial charge >= 0.3 is 0 Å². The normalized spacial score (nSPS) is 11.9. The number of aryl methyl sites for hydroxylation is 2. The van der Waals surface area contributed by atoms with Crippen molar-refractivity contribution in [3.05, 3.63) is 130 Å². The van der Waals surface area contributed by atoms with Crippen LogP contribution in [-0.2, 0) is 32.6 Å². The molecule has 230 valence electrons. The van der Waals surface area contributed by atoms with E-state index in [1.54, 1.807) is 12.1 Å². The summed E-state index contributed by atoms with van der Waals surface area (Å²) in [6.45, 7) is 5.86. The van der Waals surface area contributed by atoms with Crippen LogP contribution in [0.2, 0.25) is 5.02 Å². The number of halogens is 1. The zero-order chi connectivity index (χ0) is 31.7. The molecule has 0 bridgehead atoms. The first-order valence-electron chi connectivity index (χ1n) is 14.6. The van der Waals surface area contributed by atoms with Crippen LogP contribution in [0.1, 0.15) is 35.6 Å². The molecule has 9 heteroatoms. The van der Waals surface area contributed by atoms with Gasteiger partial charge in [-0.25, -0.2) is 8.42 Å². The van der Waals surface area contributed by atoms with Crippen molar-refractivity contribution < 1.29 is 18.0 Å². The average molecular weight is 632 g/mol. The Labute approximate surface area is 265 Å². The second-order valence-corrected chi connectivity index (χ2v) is 13.0. The summed E-state index contributed by atoms with van der Waals surface area (Å²) >= 11 is 6.06. The number of benzene rings is 4.